The van der Waals surface area contributed by atoms with Gasteiger partial charge in [0.1, 0.15) is 23.2 Å². The number of ether oxygens (including phenoxy) is 1. The first-order valence-corrected chi connectivity index (χ1v) is 7.22. The van der Waals surface area contributed by atoms with Crippen LogP contribution in [-0.2, 0) is 4.74 Å². The van der Waals surface area contributed by atoms with Crippen molar-refractivity contribution in [1.29, 1.82) is 0 Å². The minimum absolute atomic E-state index is 0.00354. The molecule has 0 spiro atoms. The Morgan fingerprint density at radius 1 is 1.19 bits per heavy atom. The van der Waals surface area contributed by atoms with Gasteiger partial charge in [0.25, 0.3) is 0 Å². The van der Waals surface area contributed by atoms with Crippen LogP contribution in [0.3, 0.4) is 0 Å². The highest BCUT2D eigenvalue weighted by molar-refractivity contribution is 6.20. The minimum Gasteiger partial charge on any atom is -0.478 e. The Kier molecular flexibility index (Phi) is 3.01. The highest BCUT2D eigenvalue weighted by Gasteiger charge is 2.26. The largest absolute Gasteiger partial charge is 0.478 e. The molecular formula is C16H9N3O7. The van der Waals surface area contributed by atoms with Gasteiger partial charge in [-0.05, 0) is 12.1 Å². The topological polar surface area (TPSA) is 151 Å². The first-order chi connectivity index (χ1) is 12.3. The van der Waals surface area contributed by atoms with Gasteiger partial charge >= 0.3 is 17.9 Å². The monoisotopic (exact) mass is 355 g/mol. The molecule has 3 N–H and O–H groups in total. The van der Waals surface area contributed by atoms with Crippen molar-refractivity contribution in [3.05, 3.63) is 45.6 Å². The molecular weight excluding hydrogens is 346 g/mol. The molecule has 0 amide bonds. The average molecular weight is 355 g/mol. The van der Waals surface area contributed by atoms with Crippen LogP contribution >= 0.6 is 0 Å². The molecule has 0 saturated carbocycles. The quantitative estimate of drug-likeness (QED) is 0.459. The lowest BCUT2D eigenvalue weighted by molar-refractivity contribution is 0.0591. The van der Waals surface area contributed by atoms with E-state index in [1.54, 1.807) is 0 Å². The third kappa shape index (κ3) is 1.83. The number of nitrogens with zero attached hydrogens (tertiary/aromatic N) is 2. The van der Waals surface area contributed by atoms with Gasteiger partial charge in [0.2, 0.25) is 5.43 Å². The number of pyridine rings is 1. The molecule has 0 fully saturated rings. The summed E-state index contributed by atoms with van der Waals surface area (Å²) in [5.41, 5.74) is -1.16. The standard InChI is InChI=1S/C16H9N3O7/c1-26-16(25)8-3-5(14(21)22)9-10-6(2-7(18-10)15(23)24)13(20)11-12(9)19(8)4-17-11/h2-4,18H,1H3,(H,21,22)(H,23,24). The number of carboxylic acids is 2. The molecule has 0 atom stereocenters. The molecule has 3 heterocycles. The van der Waals surface area contributed by atoms with E-state index >= 15 is 0 Å². The summed E-state index contributed by atoms with van der Waals surface area (Å²) in [5, 5.41) is 18.9. The van der Waals surface area contributed by atoms with Gasteiger partial charge in [-0.1, -0.05) is 0 Å². The summed E-state index contributed by atoms with van der Waals surface area (Å²) in [5.74, 6) is -3.46. The maximum absolute atomic E-state index is 12.7. The first kappa shape index (κ1) is 15.6. The number of H-pyrrole nitrogens is 1. The maximum atomic E-state index is 12.7. The lowest BCUT2D eigenvalue weighted by atomic mass is 10.0. The van der Waals surface area contributed by atoms with Crippen molar-refractivity contribution in [2.75, 3.05) is 7.11 Å². The number of carbonyl (C=O) groups is 3. The lowest BCUT2D eigenvalue weighted by Crippen LogP contribution is -2.13. The molecule has 0 saturated heterocycles. The summed E-state index contributed by atoms with van der Waals surface area (Å²) in [6, 6.07) is 2.23. The van der Waals surface area contributed by atoms with Gasteiger partial charge in [0.15, 0.2) is 0 Å². The average Bonchev–Trinajstić information content (AvgIpc) is 3.23. The van der Waals surface area contributed by atoms with Crippen molar-refractivity contribution in [2.24, 2.45) is 0 Å². The molecule has 0 aliphatic rings. The number of nitrogens with one attached hydrogen (secondary N) is 1. The van der Waals surface area contributed by atoms with Crippen molar-refractivity contribution in [2.45, 2.75) is 0 Å². The number of imidazole rings is 1. The van der Waals surface area contributed by atoms with E-state index in [1.807, 2.05) is 0 Å². The smallest absolute Gasteiger partial charge is 0.355 e. The van der Waals surface area contributed by atoms with Gasteiger partial charge in [0.05, 0.1) is 29.1 Å². The van der Waals surface area contributed by atoms with Crippen LogP contribution in [0, 0.1) is 0 Å². The van der Waals surface area contributed by atoms with Gasteiger partial charge < -0.3 is 19.9 Å². The van der Waals surface area contributed by atoms with Crippen LogP contribution in [0.1, 0.15) is 31.3 Å². The van der Waals surface area contributed by atoms with Crippen molar-refractivity contribution < 1.29 is 29.3 Å². The Hall–Kier alpha value is -3.95. The first-order valence-electron chi connectivity index (χ1n) is 7.22. The van der Waals surface area contributed by atoms with E-state index in [-0.39, 0.29) is 44.3 Å². The second-order valence-electron chi connectivity index (χ2n) is 5.53. The van der Waals surface area contributed by atoms with E-state index in [9.17, 15) is 24.3 Å². The van der Waals surface area contributed by atoms with Crippen molar-refractivity contribution >= 4 is 45.2 Å². The number of carboxylic acid groups (broad SMARTS) is 2. The van der Waals surface area contributed by atoms with Crippen LogP contribution in [0.15, 0.2) is 23.3 Å². The molecule has 4 aromatic rings. The number of methoxy groups -OCH3 is 1. The van der Waals surface area contributed by atoms with Crippen LogP contribution in [0.5, 0.6) is 0 Å². The van der Waals surface area contributed by atoms with E-state index in [2.05, 4.69) is 14.7 Å². The van der Waals surface area contributed by atoms with Crippen LogP contribution < -0.4 is 5.43 Å². The van der Waals surface area contributed by atoms with Crippen LogP contribution in [0.25, 0.3) is 27.3 Å². The van der Waals surface area contributed by atoms with Gasteiger partial charge in [0, 0.05) is 5.39 Å². The maximum Gasteiger partial charge on any atom is 0.355 e. The SMILES string of the molecule is COC(=O)c1cc(C(=O)O)c2c3[nH]c(C(=O)O)cc3c(=O)c3ncn1c32. The Balaban J connectivity index is 2.34. The number of benzene rings is 1. The Bertz CT molecular complexity index is 1310. The summed E-state index contributed by atoms with van der Waals surface area (Å²) in [6.07, 6.45) is 1.22. The lowest BCUT2D eigenvalue weighted by Gasteiger charge is -2.10. The Morgan fingerprint density at radius 3 is 2.54 bits per heavy atom. The Morgan fingerprint density at radius 2 is 1.92 bits per heavy atom. The summed E-state index contributed by atoms with van der Waals surface area (Å²) in [7, 11) is 1.14. The van der Waals surface area contributed by atoms with E-state index in [4.69, 9.17) is 5.11 Å². The summed E-state index contributed by atoms with van der Waals surface area (Å²) in [6.45, 7) is 0. The number of fused-ring (bicyclic) bond motifs is 2. The summed E-state index contributed by atoms with van der Waals surface area (Å²) >= 11 is 0. The molecule has 130 valence electrons. The molecule has 0 bridgehead atoms. The van der Waals surface area contributed by atoms with Gasteiger partial charge in [-0.2, -0.15) is 0 Å². The van der Waals surface area contributed by atoms with Gasteiger partial charge in [-0.15, -0.1) is 0 Å². The fraction of sp³-hybridized carbons (Fsp3) is 0.0625. The summed E-state index contributed by atoms with van der Waals surface area (Å²) < 4.78 is 5.92. The van der Waals surface area contributed by atoms with E-state index in [1.165, 1.54) is 10.7 Å². The number of rotatable bonds is 3. The predicted octanol–water partition coefficient (Wildman–Crippen LogP) is 0.950. The molecule has 0 aliphatic heterocycles. The number of aromatic amines is 1. The second-order valence-corrected chi connectivity index (χ2v) is 5.53. The van der Waals surface area contributed by atoms with E-state index < -0.39 is 23.3 Å². The van der Waals surface area contributed by atoms with Gasteiger partial charge in [-0.25, -0.2) is 19.4 Å². The molecule has 1 aromatic carbocycles. The fourth-order valence-corrected chi connectivity index (χ4v) is 3.10. The highest BCUT2D eigenvalue weighted by atomic mass is 16.5. The number of aromatic carboxylic acids is 2. The molecule has 26 heavy (non-hydrogen) atoms. The molecule has 0 aliphatic carbocycles. The fourth-order valence-electron chi connectivity index (χ4n) is 3.10. The zero-order chi connectivity index (χ0) is 18.7. The number of aromatic nitrogens is 3. The number of hydrogen-bond acceptors (Lipinski definition) is 6. The number of carbonyl (C=O) groups excluding carboxylic acids is 1. The molecule has 0 unspecified atom stereocenters. The minimum atomic E-state index is -1.36. The Labute approximate surface area is 142 Å². The molecule has 0 radical (unpaired) electrons. The van der Waals surface area contributed by atoms with Crippen molar-refractivity contribution in [3.8, 4) is 0 Å². The zero-order valence-corrected chi connectivity index (χ0v) is 13.1. The van der Waals surface area contributed by atoms with Crippen LogP contribution in [-0.4, -0.2) is 49.6 Å². The zero-order valence-electron chi connectivity index (χ0n) is 13.1. The molecule has 10 nitrogen and oxygen atoms in total. The second kappa shape index (κ2) is 5.02. The van der Waals surface area contributed by atoms with Crippen LogP contribution in [0.4, 0.5) is 0 Å². The third-order valence-corrected chi connectivity index (χ3v) is 4.20. The van der Waals surface area contributed by atoms with Crippen molar-refractivity contribution in [3.63, 3.8) is 0 Å². The normalized spacial score (nSPS) is 11.4. The number of hydrogen-bond donors (Lipinski definition) is 3. The molecule has 10 heteroatoms. The molecule has 4 rings (SSSR count). The van der Waals surface area contributed by atoms with E-state index in [0.717, 1.165) is 19.2 Å². The molecule has 3 aromatic heterocycles. The van der Waals surface area contributed by atoms with Crippen molar-refractivity contribution in [1.82, 2.24) is 14.4 Å². The third-order valence-electron chi connectivity index (χ3n) is 4.20. The highest BCUT2D eigenvalue weighted by Crippen LogP contribution is 2.31. The van der Waals surface area contributed by atoms with E-state index in [0.29, 0.717) is 0 Å². The summed E-state index contributed by atoms with van der Waals surface area (Å²) in [4.78, 5) is 54.3. The van der Waals surface area contributed by atoms with Crippen LogP contribution in [0.2, 0.25) is 0 Å². The number of esters is 1. The predicted molar refractivity (Wildman–Crippen MR) is 87.3 cm³/mol. The van der Waals surface area contributed by atoms with Gasteiger partial charge in [-0.3, -0.25) is 9.20 Å².